The second kappa shape index (κ2) is 12.7. The Morgan fingerprint density at radius 1 is 1.12 bits per heavy atom. The molecule has 2 aromatic rings. The Kier molecular flexibility index (Phi) is 9.19. The monoisotopic (exact) mass is 617 g/mol. The number of fused-ring (bicyclic) bond motifs is 1. The predicted octanol–water partition coefficient (Wildman–Crippen LogP) is -2.48. The lowest BCUT2D eigenvalue weighted by molar-refractivity contribution is -0.153. The van der Waals surface area contributed by atoms with E-state index < -0.39 is 59.0 Å². The quantitative estimate of drug-likeness (QED) is 0.114. The number of para-hydroxylation sites is 1. The number of urea groups is 1. The molecule has 2 aliphatic rings. The van der Waals surface area contributed by atoms with Crippen molar-refractivity contribution in [2.45, 2.75) is 18.4 Å². The van der Waals surface area contributed by atoms with Gasteiger partial charge in [-0.25, -0.2) is 14.7 Å². The molecule has 4 rings (SSSR count). The molecule has 17 nitrogen and oxygen atoms in total. The number of hydrogen-bond donors (Lipinski definition) is 7. The third-order valence-electron chi connectivity index (χ3n) is 6.64. The van der Waals surface area contributed by atoms with Crippen molar-refractivity contribution in [3.8, 4) is 5.75 Å². The van der Waals surface area contributed by atoms with Crippen molar-refractivity contribution < 1.29 is 47.2 Å². The predicted molar refractivity (Wildman–Crippen MR) is 149 cm³/mol. The second-order valence-corrected chi connectivity index (χ2v) is 10.9. The van der Waals surface area contributed by atoms with Crippen LogP contribution in [0.15, 0.2) is 42.5 Å². The normalized spacial score (nSPS) is 17.5. The standard InChI is InChI=1S/C24H28BN7O10S/c26-7-8-31-9-10-32(22(35)21(31)34)24(38)29-18(13-3-1-5-15(11-13)30-43(27,40)41)20(33)28-17-12-14-4-2-6-16(23(36)37)19(14)42-25(17)39/h1-6,11,17-18,30,39H,7-10,12,26H2,(H,28,33)(H,29,38)(H,36,37)(H2,27,40,41). The molecule has 43 heavy (non-hydrogen) atoms. The van der Waals surface area contributed by atoms with Crippen LogP contribution < -0.4 is 30.9 Å². The van der Waals surface area contributed by atoms with Crippen LogP contribution in [0.25, 0.3) is 0 Å². The van der Waals surface area contributed by atoms with Crippen LogP contribution in [0.3, 0.4) is 0 Å². The van der Waals surface area contributed by atoms with Crippen LogP contribution in [-0.2, 0) is 31.0 Å². The van der Waals surface area contributed by atoms with Crippen LogP contribution in [0.2, 0.25) is 0 Å². The van der Waals surface area contributed by atoms with Crippen molar-refractivity contribution in [2.24, 2.45) is 10.9 Å². The Balaban J connectivity index is 1.60. The van der Waals surface area contributed by atoms with Crippen molar-refractivity contribution in [3.63, 3.8) is 0 Å². The number of hydrogen-bond acceptors (Lipinski definition) is 10. The largest absolute Gasteiger partial charge is 0.547 e. The molecular formula is C24H28BN7O10S. The Morgan fingerprint density at radius 2 is 1.84 bits per heavy atom. The van der Waals surface area contributed by atoms with Gasteiger partial charge in [0.15, 0.2) is 0 Å². The summed E-state index contributed by atoms with van der Waals surface area (Å²) in [7, 11) is -5.89. The van der Waals surface area contributed by atoms with Gasteiger partial charge in [-0.3, -0.25) is 24.0 Å². The minimum atomic E-state index is -4.20. The summed E-state index contributed by atoms with van der Waals surface area (Å²) in [4.78, 5) is 65.2. The molecule has 9 N–H and O–H groups in total. The zero-order valence-corrected chi connectivity index (χ0v) is 23.2. The zero-order chi connectivity index (χ0) is 31.5. The van der Waals surface area contributed by atoms with Gasteiger partial charge in [0.2, 0.25) is 5.91 Å². The highest BCUT2D eigenvalue weighted by molar-refractivity contribution is 7.90. The summed E-state index contributed by atoms with van der Waals surface area (Å²) in [6.45, 7) is 0.0474. The summed E-state index contributed by atoms with van der Waals surface area (Å²) in [6, 6.07) is 6.95. The minimum absolute atomic E-state index is 0.0170. The number of amides is 5. The summed E-state index contributed by atoms with van der Waals surface area (Å²) in [5.74, 6) is -5.45. The van der Waals surface area contributed by atoms with E-state index in [1.165, 1.54) is 41.3 Å². The Labute approximate surface area is 245 Å². The molecule has 2 atom stereocenters. The number of nitrogens with zero attached hydrogens (tertiary/aromatic N) is 2. The van der Waals surface area contributed by atoms with Gasteiger partial charge < -0.3 is 36.1 Å². The number of anilines is 1. The highest BCUT2D eigenvalue weighted by Crippen LogP contribution is 2.30. The van der Waals surface area contributed by atoms with Gasteiger partial charge in [-0.05, 0) is 35.7 Å². The number of carboxylic acids is 1. The summed E-state index contributed by atoms with van der Waals surface area (Å²) in [5, 5.41) is 30.0. The Morgan fingerprint density at radius 3 is 2.51 bits per heavy atom. The number of carbonyl (C=O) groups excluding carboxylic acids is 4. The molecule has 228 valence electrons. The van der Waals surface area contributed by atoms with Crippen LogP contribution in [0, 0.1) is 0 Å². The lowest BCUT2D eigenvalue weighted by atomic mass is 9.72. The van der Waals surface area contributed by atoms with Crippen molar-refractivity contribution in [2.75, 3.05) is 30.9 Å². The van der Waals surface area contributed by atoms with Crippen molar-refractivity contribution in [1.29, 1.82) is 0 Å². The van der Waals surface area contributed by atoms with E-state index in [0.29, 0.717) is 10.5 Å². The van der Waals surface area contributed by atoms with E-state index in [9.17, 15) is 42.5 Å². The molecule has 0 radical (unpaired) electrons. The first kappa shape index (κ1) is 31.2. The fourth-order valence-electron chi connectivity index (χ4n) is 4.67. The number of imide groups is 1. The maximum absolute atomic E-state index is 13.6. The number of carbonyl (C=O) groups is 5. The van der Waals surface area contributed by atoms with E-state index in [1.807, 2.05) is 4.72 Å². The molecule has 0 aromatic heterocycles. The molecule has 0 bridgehead atoms. The number of carboxylic acid groups (broad SMARTS) is 1. The van der Waals surface area contributed by atoms with Crippen LogP contribution in [0.4, 0.5) is 10.5 Å². The molecule has 1 saturated heterocycles. The summed E-state index contributed by atoms with van der Waals surface area (Å²) >= 11 is 0. The minimum Gasteiger partial charge on any atom is -0.534 e. The molecule has 19 heteroatoms. The number of nitrogens with two attached hydrogens (primary N) is 2. The van der Waals surface area contributed by atoms with Gasteiger partial charge >= 0.3 is 30.9 Å². The zero-order valence-electron chi connectivity index (χ0n) is 22.4. The second-order valence-electron chi connectivity index (χ2n) is 9.62. The van der Waals surface area contributed by atoms with Crippen molar-refractivity contribution in [1.82, 2.24) is 20.4 Å². The lowest BCUT2D eigenvalue weighted by Crippen LogP contribution is -2.60. The number of benzene rings is 2. The molecule has 5 amide bonds. The molecule has 0 spiro atoms. The van der Waals surface area contributed by atoms with Crippen molar-refractivity contribution in [3.05, 3.63) is 59.2 Å². The van der Waals surface area contributed by atoms with E-state index >= 15 is 0 Å². The molecule has 2 unspecified atom stereocenters. The fourth-order valence-corrected chi connectivity index (χ4v) is 5.12. The first-order valence-corrected chi connectivity index (χ1v) is 14.4. The summed E-state index contributed by atoms with van der Waals surface area (Å²) < 4.78 is 30.6. The molecule has 2 aromatic carbocycles. The molecule has 1 fully saturated rings. The first-order chi connectivity index (χ1) is 20.3. The lowest BCUT2D eigenvalue weighted by Gasteiger charge is -2.33. The first-order valence-electron chi connectivity index (χ1n) is 12.8. The van der Waals surface area contributed by atoms with E-state index in [2.05, 4.69) is 10.6 Å². The van der Waals surface area contributed by atoms with Crippen LogP contribution in [-0.4, -0.2) is 97.3 Å². The Bertz CT molecular complexity index is 1570. The molecule has 0 saturated carbocycles. The van der Waals surface area contributed by atoms with Crippen LogP contribution in [0.5, 0.6) is 5.75 Å². The SMILES string of the molecule is NCCN1CCN(C(=O)NC(C(=O)NC2Cc3cccc(C(=O)O)c3OB2O)c2cccc(NS(N)(=O)=O)c2)C(=O)C1=O. The van der Waals surface area contributed by atoms with E-state index in [0.717, 1.165) is 0 Å². The highest BCUT2D eigenvalue weighted by Gasteiger charge is 2.41. The average Bonchev–Trinajstić information content (AvgIpc) is 2.93. The van der Waals surface area contributed by atoms with Gasteiger partial charge in [-0.2, -0.15) is 8.42 Å². The summed E-state index contributed by atoms with van der Waals surface area (Å²) in [6.07, 6.45) is -0.0485. The third-order valence-corrected chi connectivity index (χ3v) is 7.16. The molecule has 2 aliphatic heterocycles. The fraction of sp³-hybridized carbons (Fsp3) is 0.292. The topological polar surface area (TPSA) is 264 Å². The smallest absolute Gasteiger partial charge is 0.534 e. The van der Waals surface area contributed by atoms with Gasteiger partial charge in [-0.15, -0.1) is 0 Å². The maximum Gasteiger partial charge on any atom is 0.547 e. The van der Waals surface area contributed by atoms with E-state index in [1.54, 1.807) is 6.07 Å². The third kappa shape index (κ3) is 7.20. The van der Waals surface area contributed by atoms with Gasteiger partial charge in [0, 0.05) is 26.2 Å². The molecule has 0 aliphatic carbocycles. The maximum atomic E-state index is 13.6. The van der Waals surface area contributed by atoms with E-state index in [-0.39, 0.29) is 55.2 Å². The highest BCUT2D eigenvalue weighted by atomic mass is 32.2. The average molecular weight is 617 g/mol. The van der Waals surface area contributed by atoms with Crippen LogP contribution in [0.1, 0.15) is 27.5 Å². The molecular weight excluding hydrogens is 589 g/mol. The van der Waals surface area contributed by atoms with Gasteiger partial charge in [-0.1, -0.05) is 24.3 Å². The Hall–Kier alpha value is -4.72. The number of piperazine rings is 1. The van der Waals surface area contributed by atoms with Crippen LogP contribution >= 0.6 is 0 Å². The van der Waals surface area contributed by atoms with Gasteiger partial charge in [0.25, 0.3) is 10.2 Å². The van der Waals surface area contributed by atoms with E-state index in [4.69, 9.17) is 15.5 Å². The number of aromatic carboxylic acids is 1. The summed E-state index contributed by atoms with van der Waals surface area (Å²) in [5.41, 5.74) is 5.65. The number of rotatable bonds is 9. The van der Waals surface area contributed by atoms with Gasteiger partial charge in [0.05, 0.1) is 17.2 Å². The number of nitrogens with one attached hydrogen (secondary N) is 3. The van der Waals surface area contributed by atoms with Gasteiger partial charge in [0.1, 0.15) is 11.8 Å². The van der Waals surface area contributed by atoms with Crippen molar-refractivity contribution >= 4 is 52.7 Å². The molecule has 2 heterocycles.